The lowest BCUT2D eigenvalue weighted by Gasteiger charge is -2.43. The number of nitrogens with zero attached hydrogens (tertiary/aromatic N) is 2. The van der Waals surface area contributed by atoms with Crippen LogP contribution in [-0.2, 0) is 14.6 Å². The molecule has 0 aromatic rings. The summed E-state index contributed by atoms with van der Waals surface area (Å²) in [6.45, 7) is 2.70. The molecular weight excluding hydrogens is 292 g/mol. The second-order valence-electron chi connectivity index (χ2n) is 6.56. The highest BCUT2D eigenvalue weighted by Crippen LogP contribution is 2.33. The van der Waals surface area contributed by atoms with E-state index in [2.05, 4.69) is 9.80 Å². The maximum Gasteiger partial charge on any atom is 0.304 e. The summed E-state index contributed by atoms with van der Waals surface area (Å²) >= 11 is 0. The van der Waals surface area contributed by atoms with Gasteiger partial charge in [0.25, 0.3) is 0 Å². The number of hydrogen-bond donors (Lipinski definition) is 1. The quantitative estimate of drug-likeness (QED) is 0.801. The van der Waals surface area contributed by atoms with Crippen LogP contribution in [0.15, 0.2) is 0 Å². The highest BCUT2D eigenvalue weighted by atomic mass is 32.2. The van der Waals surface area contributed by atoms with E-state index in [0.717, 1.165) is 25.9 Å². The van der Waals surface area contributed by atoms with Crippen molar-refractivity contribution in [2.45, 2.75) is 50.2 Å². The van der Waals surface area contributed by atoms with E-state index in [1.165, 1.54) is 12.8 Å². The SMILES string of the molecule is O=C(O)CC1CS(=O)(=O)CCN1C1CCN2CCCCC12. The average molecular weight is 316 g/mol. The van der Waals surface area contributed by atoms with Crippen molar-refractivity contribution in [3.05, 3.63) is 0 Å². The summed E-state index contributed by atoms with van der Waals surface area (Å²) in [5.74, 6) is -0.727. The molecule has 3 unspecified atom stereocenters. The summed E-state index contributed by atoms with van der Waals surface area (Å²) < 4.78 is 23.7. The van der Waals surface area contributed by atoms with Crippen molar-refractivity contribution >= 4 is 15.8 Å². The van der Waals surface area contributed by atoms with Gasteiger partial charge in [-0.15, -0.1) is 0 Å². The Bertz CT molecular complexity index is 507. The van der Waals surface area contributed by atoms with Crippen LogP contribution in [0.1, 0.15) is 32.1 Å². The van der Waals surface area contributed by atoms with Crippen molar-refractivity contribution in [2.24, 2.45) is 0 Å². The van der Waals surface area contributed by atoms with Crippen LogP contribution >= 0.6 is 0 Å². The van der Waals surface area contributed by atoms with Crippen molar-refractivity contribution in [1.29, 1.82) is 0 Å². The monoisotopic (exact) mass is 316 g/mol. The van der Waals surface area contributed by atoms with Crippen molar-refractivity contribution in [3.63, 3.8) is 0 Å². The van der Waals surface area contributed by atoms with Crippen molar-refractivity contribution in [1.82, 2.24) is 9.80 Å². The van der Waals surface area contributed by atoms with Gasteiger partial charge in [-0.3, -0.25) is 14.6 Å². The van der Waals surface area contributed by atoms with Gasteiger partial charge in [0.2, 0.25) is 0 Å². The van der Waals surface area contributed by atoms with Crippen LogP contribution in [0.25, 0.3) is 0 Å². The fourth-order valence-corrected chi connectivity index (χ4v) is 5.87. The molecule has 0 aliphatic carbocycles. The zero-order valence-corrected chi connectivity index (χ0v) is 13.1. The Morgan fingerprint density at radius 3 is 2.67 bits per heavy atom. The minimum Gasteiger partial charge on any atom is -0.481 e. The molecule has 3 heterocycles. The van der Waals surface area contributed by atoms with Crippen LogP contribution in [0, 0.1) is 0 Å². The second kappa shape index (κ2) is 5.85. The van der Waals surface area contributed by atoms with E-state index in [9.17, 15) is 13.2 Å². The number of carboxylic acid groups (broad SMARTS) is 1. The van der Waals surface area contributed by atoms with Gasteiger partial charge in [-0.2, -0.15) is 0 Å². The normalized spacial score (nSPS) is 37.2. The Hall–Kier alpha value is -0.660. The van der Waals surface area contributed by atoms with Crippen LogP contribution < -0.4 is 0 Å². The van der Waals surface area contributed by atoms with E-state index in [0.29, 0.717) is 18.6 Å². The minimum atomic E-state index is -3.09. The predicted molar refractivity (Wildman–Crippen MR) is 79.0 cm³/mol. The Morgan fingerprint density at radius 1 is 1.10 bits per heavy atom. The third kappa shape index (κ3) is 3.24. The van der Waals surface area contributed by atoms with Crippen molar-refractivity contribution < 1.29 is 18.3 Å². The van der Waals surface area contributed by atoms with E-state index in [-0.39, 0.29) is 24.0 Å². The third-order valence-corrected chi connectivity index (χ3v) is 6.93. The zero-order valence-electron chi connectivity index (χ0n) is 12.3. The second-order valence-corrected chi connectivity index (χ2v) is 8.79. The lowest BCUT2D eigenvalue weighted by atomic mass is 9.96. The first-order chi connectivity index (χ1) is 9.96. The number of sulfone groups is 1. The van der Waals surface area contributed by atoms with Gasteiger partial charge in [0, 0.05) is 31.2 Å². The number of piperidine rings is 1. The molecule has 21 heavy (non-hydrogen) atoms. The Balaban J connectivity index is 1.77. The molecule has 7 heteroatoms. The molecule has 0 aromatic carbocycles. The Labute approximate surface area is 126 Å². The maximum absolute atomic E-state index is 11.9. The largest absolute Gasteiger partial charge is 0.481 e. The molecular formula is C14H24N2O4S. The summed E-state index contributed by atoms with van der Waals surface area (Å²) in [6, 6.07) is 0.481. The van der Waals surface area contributed by atoms with Gasteiger partial charge in [0.15, 0.2) is 9.84 Å². The Kier molecular flexibility index (Phi) is 4.25. The van der Waals surface area contributed by atoms with Gasteiger partial charge < -0.3 is 5.11 Å². The van der Waals surface area contributed by atoms with E-state index >= 15 is 0 Å². The molecule has 0 aromatic heterocycles. The molecule has 3 saturated heterocycles. The Morgan fingerprint density at radius 2 is 1.90 bits per heavy atom. The predicted octanol–water partition coefficient (Wildman–Crippen LogP) is 0.187. The number of hydrogen-bond acceptors (Lipinski definition) is 5. The van der Waals surface area contributed by atoms with Gasteiger partial charge in [-0.05, 0) is 25.8 Å². The van der Waals surface area contributed by atoms with Gasteiger partial charge in [0.1, 0.15) is 0 Å². The summed E-state index contributed by atoms with van der Waals surface area (Å²) in [4.78, 5) is 15.8. The summed E-state index contributed by atoms with van der Waals surface area (Å²) in [5, 5.41) is 9.10. The number of fused-ring (bicyclic) bond motifs is 1. The van der Waals surface area contributed by atoms with E-state index in [4.69, 9.17) is 5.11 Å². The van der Waals surface area contributed by atoms with Gasteiger partial charge >= 0.3 is 5.97 Å². The fourth-order valence-electron chi connectivity index (χ4n) is 4.32. The molecule has 1 N–H and O–H groups in total. The maximum atomic E-state index is 11.9. The summed E-state index contributed by atoms with van der Waals surface area (Å²) in [7, 11) is -3.09. The standard InChI is InChI=1S/C14H24N2O4S/c17-14(18)9-11-10-21(19,20)8-7-16(11)13-4-6-15-5-2-1-3-12(13)15/h11-13H,1-10H2,(H,17,18). The summed E-state index contributed by atoms with van der Waals surface area (Å²) in [6.07, 6.45) is 4.61. The smallest absolute Gasteiger partial charge is 0.304 e. The molecule has 3 atom stereocenters. The lowest BCUT2D eigenvalue weighted by Crippen LogP contribution is -2.57. The first-order valence-electron chi connectivity index (χ1n) is 7.88. The van der Waals surface area contributed by atoms with Crippen molar-refractivity contribution in [3.8, 4) is 0 Å². The molecule has 3 aliphatic heterocycles. The molecule has 6 nitrogen and oxygen atoms in total. The third-order valence-electron chi connectivity index (χ3n) is 5.23. The highest BCUT2D eigenvalue weighted by Gasteiger charge is 2.44. The van der Waals surface area contributed by atoms with E-state index in [1.807, 2.05) is 0 Å². The van der Waals surface area contributed by atoms with Gasteiger partial charge in [-0.1, -0.05) is 6.42 Å². The average Bonchev–Trinajstić information content (AvgIpc) is 2.81. The number of carbonyl (C=O) groups is 1. The van der Waals surface area contributed by atoms with Crippen LogP contribution in [-0.4, -0.2) is 78.6 Å². The van der Waals surface area contributed by atoms with Gasteiger partial charge in [0.05, 0.1) is 17.9 Å². The molecule has 0 saturated carbocycles. The van der Waals surface area contributed by atoms with Gasteiger partial charge in [-0.25, -0.2) is 8.42 Å². The number of aliphatic carboxylic acids is 1. The first kappa shape index (κ1) is 15.2. The molecule has 0 radical (unpaired) electrons. The molecule has 120 valence electrons. The fraction of sp³-hybridized carbons (Fsp3) is 0.929. The molecule has 0 spiro atoms. The number of carboxylic acids is 1. The van der Waals surface area contributed by atoms with Crippen LogP contribution in [0.2, 0.25) is 0 Å². The van der Waals surface area contributed by atoms with Crippen LogP contribution in [0.4, 0.5) is 0 Å². The van der Waals surface area contributed by atoms with E-state index in [1.54, 1.807) is 0 Å². The van der Waals surface area contributed by atoms with Crippen LogP contribution in [0.3, 0.4) is 0 Å². The first-order valence-corrected chi connectivity index (χ1v) is 9.70. The summed E-state index contributed by atoms with van der Waals surface area (Å²) in [5.41, 5.74) is 0. The molecule has 3 fully saturated rings. The van der Waals surface area contributed by atoms with Crippen LogP contribution in [0.5, 0.6) is 0 Å². The molecule has 0 amide bonds. The topological polar surface area (TPSA) is 77.9 Å². The lowest BCUT2D eigenvalue weighted by molar-refractivity contribution is -0.138. The van der Waals surface area contributed by atoms with E-state index < -0.39 is 15.8 Å². The van der Waals surface area contributed by atoms with Crippen molar-refractivity contribution in [2.75, 3.05) is 31.1 Å². The number of rotatable bonds is 3. The molecule has 0 bridgehead atoms. The molecule has 3 aliphatic rings. The highest BCUT2D eigenvalue weighted by molar-refractivity contribution is 7.91. The minimum absolute atomic E-state index is 0.00250. The zero-order chi connectivity index (χ0) is 15.0. The molecule has 3 rings (SSSR count).